The smallest absolute Gasteiger partial charge is 0.336 e. The van der Waals surface area contributed by atoms with Gasteiger partial charge in [-0.05, 0) is 61.7 Å². The predicted octanol–water partition coefficient (Wildman–Crippen LogP) is 2.99. The Morgan fingerprint density at radius 1 is 1.26 bits per heavy atom. The number of carbonyl (C=O) groups is 3. The number of hydrogen-bond donors (Lipinski definition) is 2. The van der Waals surface area contributed by atoms with Gasteiger partial charge in [-0.15, -0.1) is 0 Å². The minimum atomic E-state index is -0.862. The van der Waals surface area contributed by atoms with E-state index in [-0.39, 0.29) is 27.2 Å². The number of methoxy groups -OCH3 is 1. The van der Waals surface area contributed by atoms with Gasteiger partial charge in [0.15, 0.2) is 11.5 Å². The van der Waals surface area contributed by atoms with Gasteiger partial charge >= 0.3 is 6.03 Å². The molecule has 4 amide bonds. The highest BCUT2D eigenvalue weighted by Crippen LogP contribution is 2.42. The van der Waals surface area contributed by atoms with Crippen molar-refractivity contribution in [1.82, 2.24) is 10.3 Å². The van der Waals surface area contributed by atoms with Crippen molar-refractivity contribution in [2.24, 2.45) is 0 Å². The number of ether oxygens (including phenoxy) is 1. The molecule has 1 fully saturated rings. The molecule has 8 nitrogen and oxygen atoms in total. The molecule has 2 aromatic rings. The molecule has 1 aliphatic heterocycles. The van der Waals surface area contributed by atoms with E-state index in [1.54, 1.807) is 6.07 Å². The van der Waals surface area contributed by atoms with Crippen LogP contribution in [0.5, 0.6) is 11.5 Å². The number of rotatable bonds is 3. The SMILES string of the molecule is COc1cc(/C=C2\C(=O)NC(=O)N(c3cccnc3)C2=O)c(Br)c(Br)c1O. The van der Waals surface area contributed by atoms with E-state index in [2.05, 4.69) is 42.2 Å². The number of urea groups is 1. The number of pyridine rings is 1. The zero-order valence-corrected chi connectivity index (χ0v) is 16.9. The van der Waals surface area contributed by atoms with E-state index in [9.17, 15) is 19.5 Å². The normalized spacial score (nSPS) is 15.9. The summed E-state index contributed by atoms with van der Waals surface area (Å²) in [5.74, 6) is -1.63. The lowest BCUT2D eigenvalue weighted by atomic mass is 10.1. The van der Waals surface area contributed by atoms with Gasteiger partial charge in [-0.3, -0.25) is 19.9 Å². The molecule has 2 N–H and O–H groups in total. The maximum Gasteiger partial charge on any atom is 0.336 e. The lowest BCUT2D eigenvalue weighted by Gasteiger charge is -2.26. The fraction of sp³-hybridized carbons (Fsp3) is 0.0588. The van der Waals surface area contributed by atoms with Crippen LogP contribution in [-0.2, 0) is 9.59 Å². The molecule has 27 heavy (non-hydrogen) atoms. The van der Waals surface area contributed by atoms with Crippen LogP contribution in [0.3, 0.4) is 0 Å². The van der Waals surface area contributed by atoms with Gasteiger partial charge in [-0.1, -0.05) is 0 Å². The highest BCUT2D eigenvalue weighted by atomic mass is 79.9. The van der Waals surface area contributed by atoms with E-state index in [0.29, 0.717) is 10.0 Å². The number of barbiturate groups is 1. The van der Waals surface area contributed by atoms with Crippen molar-refractivity contribution in [1.29, 1.82) is 0 Å². The minimum absolute atomic E-state index is 0.140. The molecule has 0 saturated carbocycles. The van der Waals surface area contributed by atoms with Crippen LogP contribution < -0.4 is 15.0 Å². The van der Waals surface area contributed by atoms with Crippen LogP contribution in [0.2, 0.25) is 0 Å². The Kier molecular flexibility index (Phi) is 5.29. The molecule has 0 atom stereocenters. The average Bonchev–Trinajstić information content (AvgIpc) is 2.65. The maximum absolute atomic E-state index is 12.8. The number of phenols is 1. The third-order valence-electron chi connectivity index (χ3n) is 3.70. The molecule has 3 rings (SSSR count). The summed E-state index contributed by atoms with van der Waals surface area (Å²) in [6.45, 7) is 0. The standard InChI is InChI=1S/C17H11Br2N3O5/c1-27-11-6-8(12(18)13(19)14(11)23)5-10-15(24)21-17(26)22(16(10)25)9-3-2-4-20-7-9/h2-7,23H,1H3,(H,21,24,26)/b10-5+. The molecule has 1 saturated heterocycles. The highest BCUT2D eigenvalue weighted by Gasteiger charge is 2.37. The molecule has 1 aromatic heterocycles. The average molecular weight is 497 g/mol. The Bertz CT molecular complexity index is 992. The van der Waals surface area contributed by atoms with E-state index < -0.39 is 17.8 Å². The molecular formula is C17H11Br2N3O5. The van der Waals surface area contributed by atoms with Gasteiger partial charge in [0.1, 0.15) is 5.57 Å². The van der Waals surface area contributed by atoms with E-state index in [0.717, 1.165) is 4.90 Å². The first-order chi connectivity index (χ1) is 12.8. The fourth-order valence-corrected chi connectivity index (χ4v) is 3.25. The van der Waals surface area contributed by atoms with Gasteiger partial charge in [-0.2, -0.15) is 0 Å². The Morgan fingerprint density at radius 2 is 2.00 bits per heavy atom. The van der Waals surface area contributed by atoms with Crippen LogP contribution in [0.1, 0.15) is 5.56 Å². The van der Waals surface area contributed by atoms with E-state index in [1.165, 1.54) is 37.7 Å². The summed E-state index contributed by atoms with van der Waals surface area (Å²) < 4.78 is 5.77. The monoisotopic (exact) mass is 495 g/mol. The molecular weight excluding hydrogens is 486 g/mol. The van der Waals surface area contributed by atoms with Gasteiger partial charge in [0.2, 0.25) is 0 Å². The number of benzene rings is 1. The molecule has 0 radical (unpaired) electrons. The molecule has 0 aliphatic carbocycles. The highest BCUT2D eigenvalue weighted by molar-refractivity contribution is 9.13. The lowest BCUT2D eigenvalue weighted by molar-refractivity contribution is -0.122. The number of anilines is 1. The van der Waals surface area contributed by atoms with Crippen molar-refractivity contribution in [2.45, 2.75) is 0 Å². The molecule has 2 heterocycles. The van der Waals surface area contributed by atoms with Gasteiger partial charge < -0.3 is 9.84 Å². The Labute approximate surface area is 170 Å². The molecule has 0 bridgehead atoms. The lowest BCUT2D eigenvalue weighted by Crippen LogP contribution is -2.54. The van der Waals surface area contributed by atoms with E-state index in [4.69, 9.17) is 4.74 Å². The second-order valence-electron chi connectivity index (χ2n) is 5.31. The molecule has 1 aliphatic rings. The van der Waals surface area contributed by atoms with Crippen molar-refractivity contribution >= 4 is 61.5 Å². The van der Waals surface area contributed by atoms with Crippen molar-refractivity contribution < 1.29 is 24.2 Å². The number of halogens is 2. The zero-order valence-electron chi connectivity index (χ0n) is 13.7. The fourth-order valence-electron chi connectivity index (χ4n) is 2.41. The minimum Gasteiger partial charge on any atom is -0.503 e. The summed E-state index contributed by atoms with van der Waals surface area (Å²) in [7, 11) is 1.37. The number of nitrogens with zero attached hydrogens (tertiary/aromatic N) is 2. The summed E-state index contributed by atoms with van der Waals surface area (Å²) in [6.07, 6.45) is 4.13. The number of carbonyl (C=O) groups excluding carboxylic acids is 3. The molecule has 10 heteroatoms. The molecule has 0 spiro atoms. The number of nitrogens with one attached hydrogen (secondary N) is 1. The van der Waals surface area contributed by atoms with E-state index in [1.807, 2.05) is 0 Å². The van der Waals surface area contributed by atoms with Gasteiger partial charge in [0, 0.05) is 10.7 Å². The topological polar surface area (TPSA) is 109 Å². The van der Waals surface area contributed by atoms with Crippen LogP contribution in [0, 0.1) is 0 Å². The first-order valence-corrected chi connectivity index (χ1v) is 9.00. The van der Waals surface area contributed by atoms with Gasteiger partial charge in [-0.25, -0.2) is 9.69 Å². The predicted molar refractivity (Wildman–Crippen MR) is 103 cm³/mol. The third-order valence-corrected chi connectivity index (χ3v) is 5.86. The molecule has 1 aromatic carbocycles. The first-order valence-electron chi connectivity index (χ1n) is 7.41. The third kappa shape index (κ3) is 3.45. The number of phenolic OH excluding ortho intramolecular Hbond substituents is 1. The molecule has 0 unspecified atom stereocenters. The summed E-state index contributed by atoms with van der Waals surface area (Å²) in [6, 6.07) is 3.67. The largest absolute Gasteiger partial charge is 0.503 e. The van der Waals surface area contributed by atoms with Crippen LogP contribution in [0.4, 0.5) is 10.5 Å². The summed E-state index contributed by atoms with van der Waals surface area (Å²) in [5, 5.41) is 12.1. The van der Waals surface area contributed by atoms with Gasteiger partial charge in [0.25, 0.3) is 11.8 Å². The Balaban J connectivity index is 2.10. The number of aromatic nitrogens is 1. The number of hydrogen-bond acceptors (Lipinski definition) is 6. The summed E-state index contributed by atoms with van der Waals surface area (Å²) in [4.78, 5) is 41.9. The maximum atomic E-state index is 12.8. The Hall–Kier alpha value is -2.72. The van der Waals surface area contributed by atoms with Crippen LogP contribution in [0.15, 0.2) is 45.1 Å². The van der Waals surface area contributed by atoms with Crippen molar-refractivity contribution in [3.05, 3.63) is 50.7 Å². The van der Waals surface area contributed by atoms with E-state index >= 15 is 0 Å². The van der Waals surface area contributed by atoms with Crippen LogP contribution in [-0.4, -0.2) is 35.0 Å². The van der Waals surface area contributed by atoms with Crippen LogP contribution >= 0.6 is 31.9 Å². The zero-order chi connectivity index (χ0) is 19.7. The quantitative estimate of drug-likeness (QED) is 0.499. The summed E-state index contributed by atoms with van der Waals surface area (Å²) in [5.41, 5.74) is 0.344. The summed E-state index contributed by atoms with van der Waals surface area (Å²) >= 11 is 6.50. The molecule has 138 valence electrons. The Morgan fingerprint density at radius 3 is 2.63 bits per heavy atom. The number of aromatic hydroxyl groups is 1. The number of amides is 4. The first kappa shape index (κ1) is 19.1. The van der Waals surface area contributed by atoms with Crippen molar-refractivity contribution in [3.63, 3.8) is 0 Å². The van der Waals surface area contributed by atoms with Gasteiger partial charge in [0.05, 0.1) is 23.5 Å². The second kappa shape index (κ2) is 7.49. The van der Waals surface area contributed by atoms with Crippen LogP contribution in [0.25, 0.3) is 6.08 Å². The second-order valence-corrected chi connectivity index (χ2v) is 6.90. The number of imide groups is 2. The van der Waals surface area contributed by atoms with Crippen molar-refractivity contribution in [2.75, 3.05) is 12.0 Å². The van der Waals surface area contributed by atoms with Crippen molar-refractivity contribution in [3.8, 4) is 11.5 Å².